The van der Waals surface area contributed by atoms with Gasteiger partial charge < -0.3 is 4.74 Å². The van der Waals surface area contributed by atoms with Crippen LogP contribution in [-0.2, 0) is 12.4 Å². The molecule has 0 saturated carbocycles. The third-order valence-corrected chi connectivity index (χ3v) is 5.64. The number of pyridine rings is 1. The fourth-order valence-corrected chi connectivity index (χ4v) is 3.70. The zero-order valence-corrected chi connectivity index (χ0v) is 17.1. The fourth-order valence-electron chi connectivity index (χ4n) is 2.86. The van der Waals surface area contributed by atoms with Crippen LogP contribution in [0.5, 0.6) is 5.75 Å². The lowest BCUT2D eigenvalue weighted by molar-refractivity contribution is 0.301. The summed E-state index contributed by atoms with van der Waals surface area (Å²) in [5.74, 6) is 1.59. The maximum Gasteiger partial charge on any atom is 0.214 e. The minimum absolute atomic E-state index is 0.458. The number of ether oxygens (including phenoxy) is 1. The van der Waals surface area contributed by atoms with Crippen molar-refractivity contribution in [3.63, 3.8) is 0 Å². The number of thioether (sulfide) groups is 1. The van der Waals surface area contributed by atoms with Gasteiger partial charge in [-0.1, -0.05) is 42.1 Å². The molecule has 0 aliphatic rings. The third kappa shape index (κ3) is 4.63. The zero-order chi connectivity index (χ0) is 20.1. The van der Waals surface area contributed by atoms with Crippen molar-refractivity contribution in [1.29, 1.82) is 0 Å². The van der Waals surface area contributed by atoms with Gasteiger partial charge in [0, 0.05) is 11.9 Å². The van der Waals surface area contributed by atoms with Crippen molar-refractivity contribution >= 4 is 11.8 Å². The number of aromatic nitrogens is 5. The Hall–Kier alpha value is -3.19. The van der Waals surface area contributed by atoms with Crippen LogP contribution >= 0.6 is 11.8 Å². The molecule has 0 aliphatic heterocycles. The summed E-state index contributed by atoms with van der Waals surface area (Å²) in [6.07, 6.45) is 1.77. The van der Waals surface area contributed by atoms with Crippen molar-refractivity contribution in [2.45, 2.75) is 31.4 Å². The minimum atomic E-state index is 0.458. The number of aryl methyl sites for hydroxylation is 1. The van der Waals surface area contributed by atoms with E-state index in [0.29, 0.717) is 6.61 Å². The molecule has 4 aromatic rings. The van der Waals surface area contributed by atoms with E-state index in [-0.39, 0.29) is 0 Å². The van der Waals surface area contributed by atoms with Gasteiger partial charge in [-0.2, -0.15) is 4.68 Å². The van der Waals surface area contributed by atoms with Gasteiger partial charge in [-0.3, -0.25) is 4.98 Å². The van der Waals surface area contributed by atoms with E-state index in [0.717, 1.165) is 28.0 Å². The molecular formula is C22H21N5OS. The van der Waals surface area contributed by atoms with E-state index in [4.69, 9.17) is 4.74 Å². The normalized spacial score (nSPS) is 10.8. The molecule has 0 N–H and O–H groups in total. The molecule has 0 saturated heterocycles. The van der Waals surface area contributed by atoms with Gasteiger partial charge in [0.1, 0.15) is 12.4 Å². The van der Waals surface area contributed by atoms with Crippen LogP contribution in [0, 0.1) is 13.8 Å². The van der Waals surface area contributed by atoms with E-state index in [2.05, 4.69) is 52.6 Å². The Morgan fingerprint density at radius 1 is 0.966 bits per heavy atom. The SMILES string of the molecule is Cc1cccc(-n2nnnc2SCc2ccc(OCc3ccccn3)cc2)c1C. The van der Waals surface area contributed by atoms with Crippen molar-refractivity contribution in [3.8, 4) is 11.4 Å². The van der Waals surface area contributed by atoms with Gasteiger partial charge >= 0.3 is 0 Å². The van der Waals surface area contributed by atoms with Crippen molar-refractivity contribution in [3.05, 3.63) is 89.2 Å². The average molecular weight is 404 g/mol. The van der Waals surface area contributed by atoms with E-state index >= 15 is 0 Å². The Labute approximate surface area is 174 Å². The van der Waals surface area contributed by atoms with Crippen LogP contribution < -0.4 is 4.74 Å². The number of hydrogen-bond donors (Lipinski definition) is 0. The molecule has 2 heterocycles. The lowest BCUT2D eigenvalue weighted by Gasteiger charge is -2.10. The number of hydrogen-bond acceptors (Lipinski definition) is 6. The second-order valence-electron chi connectivity index (χ2n) is 6.63. The number of benzene rings is 2. The molecule has 0 radical (unpaired) electrons. The second kappa shape index (κ2) is 8.87. The van der Waals surface area contributed by atoms with Gasteiger partial charge in [0.15, 0.2) is 0 Å². The Bertz CT molecular complexity index is 1080. The van der Waals surface area contributed by atoms with Gasteiger partial charge in [-0.15, -0.1) is 5.10 Å². The Kier molecular flexibility index (Phi) is 5.86. The summed E-state index contributed by atoms with van der Waals surface area (Å²) in [6, 6.07) is 20.0. The molecule has 0 unspecified atom stereocenters. The summed E-state index contributed by atoms with van der Waals surface area (Å²) < 4.78 is 7.60. The smallest absolute Gasteiger partial charge is 0.214 e. The number of tetrazole rings is 1. The molecule has 6 nitrogen and oxygen atoms in total. The van der Waals surface area contributed by atoms with Crippen LogP contribution in [-0.4, -0.2) is 25.2 Å². The zero-order valence-electron chi connectivity index (χ0n) is 16.3. The highest BCUT2D eigenvalue weighted by Crippen LogP contribution is 2.25. The maximum absolute atomic E-state index is 5.79. The molecule has 146 valence electrons. The summed E-state index contributed by atoms with van der Waals surface area (Å²) in [5.41, 5.74) is 5.49. The predicted molar refractivity (Wildman–Crippen MR) is 113 cm³/mol. The van der Waals surface area contributed by atoms with Gasteiger partial charge in [0.25, 0.3) is 0 Å². The molecule has 0 fully saturated rings. The van der Waals surface area contributed by atoms with Crippen molar-refractivity contribution in [1.82, 2.24) is 25.2 Å². The first-order valence-electron chi connectivity index (χ1n) is 9.30. The molecule has 2 aromatic heterocycles. The maximum atomic E-state index is 5.79. The molecule has 0 amide bonds. The molecule has 0 spiro atoms. The van der Waals surface area contributed by atoms with Crippen molar-refractivity contribution in [2.75, 3.05) is 0 Å². The van der Waals surface area contributed by atoms with Crippen molar-refractivity contribution < 1.29 is 4.74 Å². The topological polar surface area (TPSA) is 65.7 Å². The number of rotatable bonds is 7. The van der Waals surface area contributed by atoms with Gasteiger partial charge in [-0.25, -0.2) is 0 Å². The van der Waals surface area contributed by atoms with Gasteiger partial charge in [-0.05, 0) is 71.3 Å². The lowest BCUT2D eigenvalue weighted by Crippen LogP contribution is -2.02. The highest BCUT2D eigenvalue weighted by molar-refractivity contribution is 7.98. The monoisotopic (exact) mass is 403 g/mol. The summed E-state index contributed by atoms with van der Waals surface area (Å²) in [4.78, 5) is 4.26. The summed E-state index contributed by atoms with van der Waals surface area (Å²) in [6.45, 7) is 4.64. The summed E-state index contributed by atoms with van der Waals surface area (Å²) in [7, 11) is 0. The molecule has 0 bridgehead atoms. The van der Waals surface area contributed by atoms with E-state index in [1.165, 1.54) is 16.7 Å². The Morgan fingerprint density at radius 2 is 1.83 bits per heavy atom. The molecule has 29 heavy (non-hydrogen) atoms. The van der Waals surface area contributed by atoms with Crippen LogP contribution in [0.2, 0.25) is 0 Å². The van der Waals surface area contributed by atoms with E-state index in [9.17, 15) is 0 Å². The van der Waals surface area contributed by atoms with E-state index in [1.54, 1.807) is 22.6 Å². The molecular weight excluding hydrogens is 382 g/mol. The van der Waals surface area contributed by atoms with Gasteiger partial charge in [0.05, 0.1) is 11.4 Å². The predicted octanol–water partition coefficient (Wildman–Crippen LogP) is 4.55. The largest absolute Gasteiger partial charge is 0.487 e. The van der Waals surface area contributed by atoms with Crippen LogP contribution in [0.1, 0.15) is 22.4 Å². The average Bonchev–Trinajstić information content (AvgIpc) is 3.22. The van der Waals surface area contributed by atoms with Crippen LogP contribution in [0.3, 0.4) is 0 Å². The number of nitrogens with zero attached hydrogens (tertiary/aromatic N) is 5. The highest BCUT2D eigenvalue weighted by atomic mass is 32.2. The van der Waals surface area contributed by atoms with Crippen molar-refractivity contribution in [2.24, 2.45) is 0 Å². The second-order valence-corrected chi connectivity index (χ2v) is 7.58. The summed E-state index contributed by atoms with van der Waals surface area (Å²) >= 11 is 1.61. The van der Waals surface area contributed by atoms with Crippen LogP contribution in [0.25, 0.3) is 5.69 Å². The van der Waals surface area contributed by atoms with E-state index < -0.39 is 0 Å². The highest BCUT2D eigenvalue weighted by Gasteiger charge is 2.12. The first-order valence-corrected chi connectivity index (χ1v) is 10.3. The summed E-state index contributed by atoms with van der Waals surface area (Å²) in [5, 5.41) is 13.0. The molecule has 4 rings (SSSR count). The molecule has 7 heteroatoms. The quantitative estimate of drug-likeness (QED) is 0.422. The Balaban J connectivity index is 1.39. The first-order chi connectivity index (χ1) is 14.2. The van der Waals surface area contributed by atoms with E-state index in [1.807, 2.05) is 42.5 Å². The fraction of sp³-hybridized carbons (Fsp3) is 0.182. The van der Waals surface area contributed by atoms with Crippen LogP contribution in [0.15, 0.2) is 72.0 Å². The van der Waals surface area contributed by atoms with Crippen LogP contribution in [0.4, 0.5) is 0 Å². The molecule has 0 atom stereocenters. The standard InChI is InChI=1S/C22H21N5OS/c1-16-6-5-8-21(17(16)2)27-22(24-25-26-27)29-15-18-9-11-20(12-10-18)28-14-19-7-3-4-13-23-19/h3-13H,14-15H2,1-2H3. The minimum Gasteiger partial charge on any atom is -0.487 e. The Morgan fingerprint density at radius 3 is 2.62 bits per heavy atom. The first kappa shape index (κ1) is 19.1. The molecule has 2 aromatic carbocycles. The molecule has 0 aliphatic carbocycles. The third-order valence-electron chi connectivity index (χ3n) is 4.65. The lowest BCUT2D eigenvalue weighted by atomic mass is 10.1. The van der Waals surface area contributed by atoms with Gasteiger partial charge in [0.2, 0.25) is 5.16 Å².